The van der Waals surface area contributed by atoms with Gasteiger partial charge in [0.25, 0.3) is 0 Å². The standard InChI is InChI=1S/C16H20FN3O2.HI/c1-10-4-7-15(22-10)11(2)20-16(18-3)19-9-12-5-6-14(21)13(17)8-12;/h4-8,11,21H,9H2,1-3H3,(H2,18,19,20);1H. The Balaban J connectivity index is 0.00000264. The maximum atomic E-state index is 13.3. The molecule has 23 heavy (non-hydrogen) atoms. The summed E-state index contributed by atoms with van der Waals surface area (Å²) in [7, 11) is 1.66. The predicted molar refractivity (Wildman–Crippen MR) is 98.7 cm³/mol. The average molecular weight is 433 g/mol. The van der Waals surface area contributed by atoms with Crippen LogP contribution < -0.4 is 10.6 Å². The minimum Gasteiger partial charge on any atom is -0.505 e. The van der Waals surface area contributed by atoms with Crippen LogP contribution in [0, 0.1) is 12.7 Å². The average Bonchev–Trinajstić information content (AvgIpc) is 2.93. The first-order chi connectivity index (χ1) is 10.5. The zero-order chi connectivity index (χ0) is 16.1. The summed E-state index contributed by atoms with van der Waals surface area (Å²) < 4.78 is 18.8. The maximum Gasteiger partial charge on any atom is 0.191 e. The van der Waals surface area contributed by atoms with Gasteiger partial charge in [0.1, 0.15) is 11.5 Å². The van der Waals surface area contributed by atoms with E-state index in [2.05, 4.69) is 15.6 Å². The summed E-state index contributed by atoms with van der Waals surface area (Å²) in [6.45, 7) is 4.24. The number of furan rings is 1. The number of benzene rings is 1. The molecule has 3 N–H and O–H groups in total. The molecular weight excluding hydrogens is 412 g/mol. The van der Waals surface area contributed by atoms with E-state index in [1.165, 1.54) is 12.1 Å². The molecule has 0 saturated carbocycles. The van der Waals surface area contributed by atoms with Crippen molar-refractivity contribution in [1.29, 1.82) is 0 Å². The van der Waals surface area contributed by atoms with Crippen LogP contribution in [-0.4, -0.2) is 18.1 Å². The van der Waals surface area contributed by atoms with Gasteiger partial charge >= 0.3 is 0 Å². The smallest absolute Gasteiger partial charge is 0.191 e. The molecular formula is C16H21FIN3O2. The Morgan fingerprint density at radius 3 is 2.65 bits per heavy atom. The molecule has 0 aliphatic carbocycles. The van der Waals surface area contributed by atoms with E-state index >= 15 is 0 Å². The van der Waals surface area contributed by atoms with Gasteiger partial charge in [-0.15, -0.1) is 24.0 Å². The van der Waals surface area contributed by atoms with Gasteiger partial charge in [0, 0.05) is 13.6 Å². The first-order valence-corrected chi connectivity index (χ1v) is 7.00. The monoisotopic (exact) mass is 433 g/mol. The lowest BCUT2D eigenvalue weighted by atomic mass is 10.2. The highest BCUT2D eigenvalue weighted by molar-refractivity contribution is 14.0. The Bertz CT molecular complexity index is 673. The van der Waals surface area contributed by atoms with Crippen LogP contribution in [0.4, 0.5) is 4.39 Å². The highest BCUT2D eigenvalue weighted by Crippen LogP contribution is 2.17. The normalized spacial score (nSPS) is 12.4. The van der Waals surface area contributed by atoms with Crippen molar-refractivity contribution in [2.75, 3.05) is 7.05 Å². The topological polar surface area (TPSA) is 69.8 Å². The number of nitrogens with one attached hydrogen (secondary N) is 2. The first kappa shape index (κ1) is 19.3. The molecule has 0 amide bonds. The molecule has 0 radical (unpaired) electrons. The Kier molecular flexibility index (Phi) is 7.34. The first-order valence-electron chi connectivity index (χ1n) is 7.00. The van der Waals surface area contributed by atoms with Crippen LogP contribution in [-0.2, 0) is 6.54 Å². The van der Waals surface area contributed by atoms with E-state index in [4.69, 9.17) is 4.42 Å². The number of nitrogens with zero attached hydrogens (tertiary/aromatic N) is 1. The van der Waals surface area contributed by atoms with Gasteiger partial charge < -0.3 is 20.2 Å². The van der Waals surface area contributed by atoms with Crippen LogP contribution in [0.5, 0.6) is 5.75 Å². The van der Waals surface area contributed by atoms with E-state index in [0.717, 1.165) is 11.5 Å². The fraction of sp³-hybridized carbons (Fsp3) is 0.312. The molecule has 0 aliphatic heterocycles. The van der Waals surface area contributed by atoms with E-state index < -0.39 is 5.82 Å². The zero-order valence-electron chi connectivity index (χ0n) is 13.3. The number of hydrogen-bond donors (Lipinski definition) is 3. The summed E-state index contributed by atoms with van der Waals surface area (Å²) in [6.07, 6.45) is 0. The van der Waals surface area contributed by atoms with Crippen LogP contribution in [0.25, 0.3) is 0 Å². The Morgan fingerprint density at radius 1 is 1.35 bits per heavy atom. The highest BCUT2D eigenvalue weighted by Gasteiger charge is 2.11. The largest absolute Gasteiger partial charge is 0.505 e. The van der Waals surface area contributed by atoms with Gasteiger partial charge in [-0.25, -0.2) is 4.39 Å². The van der Waals surface area contributed by atoms with Crippen molar-refractivity contribution >= 4 is 29.9 Å². The fourth-order valence-electron chi connectivity index (χ4n) is 2.00. The van der Waals surface area contributed by atoms with Gasteiger partial charge in [-0.1, -0.05) is 6.07 Å². The zero-order valence-corrected chi connectivity index (χ0v) is 15.6. The van der Waals surface area contributed by atoms with Gasteiger partial charge in [-0.2, -0.15) is 0 Å². The molecule has 0 bridgehead atoms. The summed E-state index contributed by atoms with van der Waals surface area (Å²) in [5.74, 6) is 1.26. The molecule has 1 unspecified atom stereocenters. The summed E-state index contributed by atoms with van der Waals surface area (Å²) >= 11 is 0. The van der Waals surface area contributed by atoms with Crippen LogP contribution in [0.2, 0.25) is 0 Å². The lowest BCUT2D eigenvalue weighted by Crippen LogP contribution is -2.38. The molecule has 0 aliphatic rings. The minimum atomic E-state index is -0.637. The second kappa shape index (κ2) is 8.76. The quantitative estimate of drug-likeness (QED) is 0.393. The number of phenols is 1. The number of phenolic OH excluding ortho intramolecular Hbond substituents is 1. The van der Waals surface area contributed by atoms with Gasteiger partial charge in [0.15, 0.2) is 17.5 Å². The van der Waals surface area contributed by atoms with Crippen molar-refractivity contribution < 1.29 is 13.9 Å². The van der Waals surface area contributed by atoms with Gasteiger partial charge in [0.2, 0.25) is 0 Å². The van der Waals surface area contributed by atoms with Gasteiger partial charge in [0.05, 0.1) is 6.04 Å². The van der Waals surface area contributed by atoms with Crippen molar-refractivity contribution in [2.24, 2.45) is 4.99 Å². The number of aromatic hydroxyl groups is 1. The minimum absolute atomic E-state index is 0. The number of rotatable bonds is 4. The highest BCUT2D eigenvalue weighted by atomic mass is 127. The van der Waals surface area contributed by atoms with Crippen molar-refractivity contribution in [3.63, 3.8) is 0 Å². The number of guanidine groups is 1. The molecule has 1 aromatic heterocycles. The number of hydrogen-bond acceptors (Lipinski definition) is 3. The molecule has 1 aromatic carbocycles. The van der Waals surface area contributed by atoms with Crippen LogP contribution in [0.15, 0.2) is 39.7 Å². The van der Waals surface area contributed by atoms with Crippen LogP contribution in [0.1, 0.15) is 30.0 Å². The third-order valence-electron chi connectivity index (χ3n) is 3.24. The fourth-order valence-corrected chi connectivity index (χ4v) is 2.00. The number of aliphatic imine (C=N–C) groups is 1. The molecule has 1 heterocycles. The summed E-state index contributed by atoms with van der Waals surface area (Å²) in [5, 5.41) is 15.5. The summed E-state index contributed by atoms with van der Waals surface area (Å²) in [4.78, 5) is 4.13. The molecule has 2 aromatic rings. The van der Waals surface area contributed by atoms with Crippen molar-refractivity contribution in [2.45, 2.75) is 26.4 Å². The van der Waals surface area contributed by atoms with E-state index in [-0.39, 0.29) is 35.8 Å². The lowest BCUT2D eigenvalue weighted by Gasteiger charge is -2.16. The van der Waals surface area contributed by atoms with E-state index in [1.807, 2.05) is 26.0 Å². The molecule has 0 saturated heterocycles. The van der Waals surface area contributed by atoms with E-state index in [0.29, 0.717) is 18.1 Å². The molecule has 2 rings (SSSR count). The SMILES string of the molecule is CN=C(NCc1ccc(O)c(F)c1)NC(C)c1ccc(C)o1.I. The van der Waals surface area contributed by atoms with E-state index in [1.54, 1.807) is 13.1 Å². The molecule has 7 heteroatoms. The second-order valence-corrected chi connectivity index (χ2v) is 5.03. The summed E-state index contributed by atoms with van der Waals surface area (Å²) in [5.41, 5.74) is 0.708. The van der Waals surface area contributed by atoms with Crippen molar-refractivity contribution in [1.82, 2.24) is 10.6 Å². The lowest BCUT2D eigenvalue weighted by molar-refractivity contribution is 0.431. The Hall–Kier alpha value is -1.77. The molecule has 1 atom stereocenters. The number of halogens is 2. The molecule has 0 fully saturated rings. The third kappa shape index (κ3) is 5.42. The Morgan fingerprint density at radius 2 is 2.09 bits per heavy atom. The maximum absolute atomic E-state index is 13.3. The van der Waals surface area contributed by atoms with Crippen molar-refractivity contribution in [3.8, 4) is 5.75 Å². The van der Waals surface area contributed by atoms with Crippen molar-refractivity contribution in [3.05, 3.63) is 53.2 Å². The van der Waals surface area contributed by atoms with Gasteiger partial charge in [-0.3, -0.25) is 4.99 Å². The third-order valence-corrected chi connectivity index (χ3v) is 3.24. The van der Waals surface area contributed by atoms with E-state index in [9.17, 15) is 9.50 Å². The molecule has 0 spiro atoms. The molecule has 126 valence electrons. The molecule has 5 nitrogen and oxygen atoms in total. The Labute approximate surface area is 152 Å². The summed E-state index contributed by atoms with van der Waals surface area (Å²) in [6, 6.07) is 8.04. The van der Waals surface area contributed by atoms with Crippen LogP contribution in [0.3, 0.4) is 0 Å². The number of aryl methyl sites for hydroxylation is 1. The van der Waals surface area contributed by atoms with Gasteiger partial charge in [-0.05, 0) is 43.7 Å². The second-order valence-electron chi connectivity index (χ2n) is 5.03. The predicted octanol–water partition coefficient (Wildman–Crippen LogP) is 3.48. The van der Waals surface area contributed by atoms with Crippen LogP contribution >= 0.6 is 24.0 Å².